The lowest BCUT2D eigenvalue weighted by Gasteiger charge is -2.17. The van der Waals surface area contributed by atoms with E-state index in [0.29, 0.717) is 6.54 Å². The summed E-state index contributed by atoms with van der Waals surface area (Å²) in [5.41, 5.74) is 0. The number of hydrogen-bond acceptors (Lipinski definition) is 3. The highest BCUT2D eigenvalue weighted by Gasteiger charge is 2.04. The van der Waals surface area contributed by atoms with Gasteiger partial charge in [-0.15, -0.1) is 0 Å². The fourth-order valence-electron chi connectivity index (χ4n) is 1.29. The van der Waals surface area contributed by atoms with Crippen LogP contribution in [0.25, 0.3) is 0 Å². The molecule has 4 heteroatoms. The van der Waals surface area contributed by atoms with E-state index in [1.165, 1.54) is 0 Å². The Morgan fingerprint density at radius 1 is 1.33 bits per heavy atom. The highest BCUT2D eigenvalue weighted by atomic mass is 16.6. The summed E-state index contributed by atoms with van der Waals surface area (Å²) in [6.45, 7) is 11.8. The second-order valence-electron chi connectivity index (χ2n) is 3.76. The monoisotopic (exact) mass is 216 g/mol. The summed E-state index contributed by atoms with van der Waals surface area (Å²) in [7, 11) is 0. The molecule has 0 fully saturated rings. The van der Waals surface area contributed by atoms with Crippen LogP contribution in [-0.2, 0) is 4.74 Å². The van der Waals surface area contributed by atoms with E-state index < -0.39 is 0 Å². The molecule has 0 atom stereocenters. The number of nitrogens with one attached hydrogen (secondary N) is 1. The zero-order chi connectivity index (χ0) is 11.7. The molecule has 0 aliphatic rings. The molecule has 0 aliphatic carbocycles. The smallest absolute Gasteiger partial charge is 0.407 e. The molecule has 4 nitrogen and oxygen atoms in total. The third kappa shape index (κ3) is 8.24. The first-order valence-corrected chi connectivity index (χ1v) is 5.77. The molecule has 90 valence electrons. The Labute approximate surface area is 93.0 Å². The quantitative estimate of drug-likeness (QED) is 0.660. The van der Waals surface area contributed by atoms with Crippen molar-refractivity contribution in [1.29, 1.82) is 0 Å². The Balaban J connectivity index is 3.41. The van der Waals surface area contributed by atoms with Crippen LogP contribution < -0.4 is 5.32 Å². The molecular weight excluding hydrogens is 192 g/mol. The van der Waals surface area contributed by atoms with Gasteiger partial charge in [0.1, 0.15) is 0 Å². The van der Waals surface area contributed by atoms with Crippen LogP contribution in [0.15, 0.2) is 0 Å². The fraction of sp³-hybridized carbons (Fsp3) is 0.909. The summed E-state index contributed by atoms with van der Waals surface area (Å²) in [5, 5.41) is 2.73. The van der Waals surface area contributed by atoms with Crippen molar-refractivity contribution in [1.82, 2.24) is 10.2 Å². The van der Waals surface area contributed by atoms with Crippen molar-refractivity contribution >= 4 is 6.09 Å². The summed E-state index contributed by atoms with van der Waals surface area (Å²) in [6.07, 6.45) is 0.604. The maximum absolute atomic E-state index is 11.1. The fourth-order valence-corrected chi connectivity index (χ4v) is 1.29. The SMILES string of the molecule is CCN(CC)CCCNC(=O)OC(C)C. The van der Waals surface area contributed by atoms with Crippen molar-refractivity contribution in [2.75, 3.05) is 26.2 Å². The minimum atomic E-state index is -0.315. The van der Waals surface area contributed by atoms with Gasteiger partial charge < -0.3 is 15.0 Å². The van der Waals surface area contributed by atoms with E-state index in [2.05, 4.69) is 24.1 Å². The van der Waals surface area contributed by atoms with Gasteiger partial charge in [-0.25, -0.2) is 4.79 Å². The second kappa shape index (κ2) is 8.53. The van der Waals surface area contributed by atoms with Crippen molar-refractivity contribution in [3.05, 3.63) is 0 Å². The third-order valence-corrected chi connectivity index (χ3v) is 2.16. The molecular formula is C11H24N2O2. The van der Waals surface area contributed by atoms with Gasteiger partial charge in [-0.1, -0.05) is 13.8 Å². The molecule has 0 unspecified atom stereocenters. The number of ether oxygens (including phenoxy) is 1. The number of alkyl carbamates (subject to hydrolysis) is 1. The largest absolute Gasteiger partial charge is 0.447 e. The average molecular weight is 216 g/mol. The molecule has 0 aromatic carbocycles. The second-order valence-corrected chi connectivity index (χ2v) is 3.76. The van der Waals surface area contributed by atoms with Gasteiger partial charge in [0.2, 0.25) is 0 Å². The number of nitrogens with zero attached hydrogens (tertiary/aromatic N) is 1. The first kappa shape index (κ1) is 14.2. The normalized spacial score (nSPS) is 10.8. The molecule has 1 N–H and O–H groups in total. The van der Waals surface area contributed by atoms with Crippen LogP contribution in [0.2, 0.25) is 0 Å². The zero-order valence-corrected chi connectivity index (χ0v) is 10.4. The lowest BCUT2D eigenvalue weighted by atomic mass is 10.3. The topological polar surface area (TPSA) is 41.6 Å². The van der Waals surface area contributed by atoms with E-state index in [1.807, 2.05) is 13.8 Å². The number of carbonyl (C=O) groups excluding carboxylic acids is 1. The first-order chi connectivity index (χ1) is 7.10. The van der Waals surface area contributed by atoms with Crippen molar-refractivity contribution < 1.29 is 9.53 Å². The minimum Gasteiger partial charge on any atom is -0.447 e. The Morgan fingerprint density at radius 3 is 2.40 bits per heavy atom. The van der Waals surface area contributed by atoms with E-state index in [4.69, 9.17) is 4.74 Å². The summed E-state index contributed by atoms with van der Waals surface area (Å²) < 4.78 is 4.95. The van der Waals surface area contributed by atoms with E-state index in [1.54, 1.807) is 0 Å². The van der Waals surface area contributed by atoms with Crippen LogP contribution in [-0.4, -0.2) is 43.3 Å². The molecule has 0 heterocycles. The standard InChI is InChI=1S/C11H24N2O2/c1-5-13(6-2)9-7-8-12-11(14)15-10(3)4/h10H,5-9H2,1-4H3,(H,12,14). The van der Waals surface area contributed by atoms with Crippen LogP contribution >= 0.6 is 0 Å². The van der Waals surface area contributed by atoms with Crippen molar-refractivity contribution in [3.63, 3.8) is 0 Å². The first-order valence-electron chi connectivity index (χ1n) is 5.77. The zero-order valence-electron chi connectivity index (χ0n) is 10.4. The molecule has 0 aliphatic heterocycles. The molecule has 0 saturated carbocycles. The molecule has 0 rings (SSSR count). The average Bonchev–Trinajstić information content (AvgIpc) is 2.17. The van der Waals surface area contributed by atoms with Crippen molar-refractivity contribution in [2.45, 2.75) is 40.2 Å². The Hall–Kier alpha value is -0.770. The number of carbonyl (C=O) groups is 1. The van der Waals surface area contributed by atoms with Crippen molar-refractivity contribution in [3.8, 4) is 0 Å². The summed E-state index contributed by atoms with van der Waals surface area (Å²) >= 11 is 0. The van der Waals surface area contributed by atoms with Gasteiger partial charge in [0.15, 0.2) is 0 Å². The van der Waals surface area contributed by atoms with Crippen LogP contribution in [0.1, 0.15) is 34.1 Å². The molecule has 0 aromatic rings. The maximum Gasteiger partial charge on any atom is 0.407 e. The lowest BCUT2D eigenvalue weighted by Crippen LogP contribution is -2.31. The van der Waals surface area contributed by atoms with Crippen LogP contribution in [0.3, 0.4) is 0 Å². The predicted octanol–water partition coefficient (Wildman–Crippen LogP) is 1.85. The number of hydrogen-bond donors (Lipinski definition) is 1. The van der Waals surface area contributed by atoms with Crippen LogP contribution in [0, 0.1) is 0 Å². The van der Waals surface area contributed by atoms with Gasteiger partial charge in [0.05, 0.1) is 6.10 Å². The van der Waals surface area contributed by atoms with E-state index in [-0.39, 0.29) is 12.2 Å². The predicted molar refractivity (Wildman–Crippen MR) is 62.0 cm³/mol. The Bertz CT molecular complexity index is 168. The Kier molecular flexibility index (Phi) is 8.09. The summed E-state index contributed by atoms with van der Waals surface area (Å²) in [4.78, 5) is 13.4. The minimum absolute atomic E-state index is 0.0483. The van der Waals surface area contributed by atoms with Gasteiger partial charge in [0, 0.05) is 6.54 Å². The van der Waals surface area contributed by atoms with Gasteiger partial charge in [0.25, 0.3) is 0 Å². The molecule has 0 bridgehead atoms. The van der Waals surface area contributed by atoms with Gasteiger partial charge in [-0.3, -0.25) is 0 Å². The Morgan fingerprint density at radius 2 is 1.93 bits per heavy atom. The van der Waals surface area contributed by atoms with Gasteiger partial charge >= 0.3 is 6.09 Å². The van der Waals surface area contributed by atoms with E-state index >= 15 is 0 Å². The number of amides is 1. The van der Waals surface area contributed by atoms with Gasteiger partial charge in [-0.2, -0.15) is 0 Å². The van der Waals surface area contributed by atoms with E-state index in [0.717, 1.165) is 26.1 Å². The van der Waals surface area contributed by atoms with Crippen molar-refractivity contribution in [2.24, 2.45) is 0 Å². The van der Waals surface area contributed by atoms with Gasteiger partial charge in [-0.05, 0) is 39.9 Å². The molecule has 0 aromatic heterocycles. The summed E-state index contributed by atoms with van der Waals surface area (Å²) in [6, 6.07) is 0. The maximum atomic E-state index is 11.1. The molecule has 15 heavy (non-hydrogen) atoms. The highest BCUT2D eigenvalue weighted by Crippen LogP contribution is 1.91. The lowest BCUT2D eigenvalue weighted by molar-refractivity contribution is 0.115. The van der Waals surface area contributed by atoms with E-state index in [9.17, 15) is 4.79 Å². The highest BCUT2D eigenvalue weighted by molar-refractivity contribution is 5.67. The number of rotatable bonds is 7. The van der Waals surface area contributed by atoms with Crippen LogP contribution in [0.4, 0.5) is 4.79 Å². The third-order valence-electron chi connectivity index (χ3n) is 2.16. The summed E-state index contributed by atoms with van der Waals surface area (Å²) in [5.74, 6) is 0. The van der Waals surface area contributed by atoms with Crippen LogP contribution in [0.5, 0.6) is 0 Å². The molecule has 0 radical (unpaired) electrons. The molecule has 0 saturated heterocycles. The molecule has 0 spiro atoms. The molecule has 1 amide bonds.